The molecule has 1 aromatic carbocycles. The number of phenolic OH excluding ortho intramolecular Hbond substituents is 1. The third-order valence-electron chi connectivity index (χ3n) is 1.40. The fraction of sp³-hybridized carbons (Fsp3) is 0. The standard InChI is InChI=1S/C7H5NO2S/c9-4-1-2-6-5(3-4)8-7(10)11-6/h1-3,9H,(H,8,10). The first-order valence-corrected chi connectivity index (χ1v) is 3.89. The second-order valence-corrected chi connectivity index (χ2v) is 3.21. The Morgan fingerprint density at radius 3 is 3.09 bits per heavy atom. The summed E-state index contributed by atoms with van der Waals surface area (Å²) in [7, 11) is 0. The van der Waals surface area contributed by atoms with E-state index in [1.54, 1.807) is 12.1 Å². The fourth-order valence-corrected chi connectivity index (χ4v) is 1.66. The Balaban J connectivity index is 2.92. The van der Waals surface area contributed by atoms with Gasteiger partial charge >= 0.3 is 4.87 Å². The lowest BCUT2D eigenvalue weighted by molar-refractivity contribution is 0.476. The van der Waals surface area contributed by atoms with Gasteiger partial charge in [0.2, 0.25) is 0 Å². The summed E-state index contributed by atoms with van der Waals surface area (Å²) in [6, 6.07) is 4.81. The highest BCUT2D eigenvalue weighted by Gasteiger charge is 1.97. The first-order chi connectivity index (χ1) is 5.25. The first kappa shape index (κ1) is 6.42. The van der Waals surface area contributed by atoms with Crippen molar-refractivity contribution in [1.29, 1.82) is 0 Å². The molecule has 2 aromatic rings. The molecule has 11 heavy (non-hydrogen) atoms. The molecular formula is C7H5NO2S. The smallest absolute Gasteiger partial charge is 0.305 e. The molecule has 0 saturated heterocycles. The highest BCUT2D eigenvalue weighted by atomic mass is 32.1. The van der Waals surface area contributed by atoms with Crippen molar-refractivity contribution < 1.29 is 5.11 Å². The fourth-order valence-electron chi connectivity index (χ4n) is 0.940. The summed E-state index contributed by atoms with van der Waals surface area (Å²) in [6.45, 7) is 0. The molecule has 0 bridgehead atoms. The number of H-pyrrole nitrogens is 1. The maximum Gasteiger partial charge on any atom is 0.305 e. The summed E-state index contributed by atoms with van der Waals surface area (Å²) in [6.07, 6.45) is 0. The summed E-state index contributed by atoms with van der Waals surface area (Å²) in [5.74, 6) is 0.173. The molecule has 0 atom stereocenters. The van der Waals surface area contributed by atoms with E-state index in [9.17, 15) is 4.79 Å². The van der Waals surface area contributed by atoms with Crippen LogP contribution in [0.1, 0.15) is 0 Å². The molecule has 0 saturated carbocycles. The number of hydrogen-bond acceptors (Lipinski definition) is 3. The second-order valence-electron chi connectivity index (χ2n) is 2.19. The number of nitrogens with one attached hydrogen (secondary N) is 1. The van der Waals surface area contributed by atoms with Gasteiger partial charge in [-0.2, -0.15) is 0 Å². The number of phenols is 1. The van der Waals surface area contributed by atoms with Crippen molar-refractivity contribution >= 4 is 21.6 Å². The topological polar surface area (TPSA) is 53.1 Å². The van der Waals surface area contributed by atoms with Crippen molar-refractivity contribution in [2.75, 3.05) is 0 Å². The van der Waals surface area contributed by atoms with Crippen molar-refractivity contribution in [3.8, 4) is 5.75 Å². The Hall–Kier alpha value is -1.29. The van der Waals surface area contributed by atoms with Crippen LogP contribution in [0, 0.1) is 0 Å². The normalized spacial score (nSPS) is 10.5. The van der Waals surface area contributed by atoms with Gasteiger partial charge in [-0.05, 0) is 12.1 Å². The minimum absolute atomic E-state index is 0.0920. The van der Waals surface area contributed by atoms with Crippen LogP contribution in [-0.2, 0) is 0 Å². The van der Waals surface area contributed by atoms with Gasteiger partial charge in [0.15, 0.2) is 0 Å². The van der Waals surface area contributed by atoms with E-state index < -0.39 is 0 Å². The summed E-state index contributed by atoms with van der Waals surface area (Å²) in [5, 5.41) is 9.02. The first-order valence-electron chi connectivity index (χ1n) is 3.07. The minimum atomic E-state index is -0.0920. The summed E-state index contributed by atoms with van der Waals surface area (Å²) in [5.41, 5.74) is 0.694. The maximum atomic E-state index is 10.8. The van der Waals surface area contributed by atoms with Crippen LogP contribution < -0.4 is 4.87 Å². The van der Waals surface area contributed by atoms with E-state index in [1.165, 1.54) is 6.07 Å². The Labute approximate surface area is 65.9 Å². The number of hydrogen-bond donors (Lipinski definition) is 2. The molecule has 56 valence electrons. The number of aromatic nitrogens is 1. The zero-order chi connectivity index (χ0) is 7.84. The number of rotatable bonds is 0. The van der Waals surface area contributed by atoms with E-state index in [2.05, 4.69) is 4.98 Å². The van der Waals surface area contributed by atoms with Crippen molar-refractivity contribution in [3.05, 3.63) is 27.9 Å². The predicted molar refractivity (Wildman–Crippen MR) is 44.1 cm³/mol. The van der Waals surface area contributed by atoms with Crippen molar-refractivity contribution in [3.63, 3.8) is 0 Å². The van der Waals surface area contributed by atoms with Gasteiger partial charge < -0.3 is 10.1 Å². The van der Waals surface area contributed by atoms with Gasteiger partial charge in [0, 0.05) is 6.07 Å². The number of aromatic hydroxyl groups is 1. The molecule has 3 nitrogen and oxygen atoms in total. The molecule has 0 aliphatic heterocycles. The Morgan fingerprint density at radius 1 is 1.45 bits per heavy atom. The third-order valence-corrected chi connectivity index (χ3v) is 2.27. The van der Waals surface area contributed by atoms with Gasteiger partial charge in [0.1, 0.15) is 5.75 Å². The lowest BCUT2D eigenvalue weighted by Crippen LogP contribution is -1.89. The van der Waals surface area contributed by atoms with Crippen LogP contribution in [0.4, 0.5) is 0 Å². The van der Waals surface area contributed by atoms with E-state index in [-0.39, 0.29) is 10.6 Å². The van der Waals surface area contributed by atoms with E-state index in [4.69, 9.17) is 5.11 Å². The average molecular weight is 167 g/mol. The highest BCUT2D eigenvalue weighted by Crippen LogP contribution is 2.18. The van der Waals surface area contributed by atoms with Crippen LogP contribution in [0.15, 0.2) is 23.0 Å². The molecule has 1 heterocycles. The quantitative estimate of drug-likeness (QED) is 0.621. The molecule has 0 unspecified atom stereocenters. The number of aromatic amines is 1. The van der Waals surface area contributed by atoms with Gasteiger partial charge in [-0.15, -0.1) is 0 Å². The van der Waals surface area contributed by atoms with Crippen molar-refractivity contribution in [1.82, 2.24) is 4.98 Å². The Morgan fingerprint density at radius 2 is 2.27 bits per heavy atom. The van der Waals surface area contributed by atoms with Gasteiger partial charge in [0.25, 0.3) is 0 Å². The zero-order valence-corrected chi connectivity index (χ0v) is 6.31. The summed E-state index contributed by atoms with van der Waals surface area (Å²) >= 11 is 1.14. The largest absolute Gasteiger partial charge is 0.508 e. The third kappa shape index (κ3) is 1.01. The van der Waals surface area contributed by atoms with Gasteiger partial charge in [0.05, 0.1) is 10.2 Å². The van der Waals surface area contributed by atoms with E-state index >= 15 is 0 Å². The number of benzene rings is 1. The van der Waals surface area contributed by atoms with E-state index in [0.29, 0.717) is 5.52 Å². The van der Waals surface area contributed by atoms with Crippen LogP contribution >= 0.6 is 11.3 Å². The average Bonchev–Trinajstić information content (AvgIpc) is 2.27. The van der Waals surface area contributed by atoms with Crippen molar-refractivity contribution in [2.45, 2.75) is 0 Å². The number of fused-ring (bicyclic) bond motifs is 1. The molecule has 4 heteroatoms. The molecular weight excluding hydrogens is 162 g/mol. The van der Waals surface area contributed by atoms with E-state index in [1.807, 2.05) is 0 Å². The molecule has 2 N–H and O–H groups in total. The SMILES string of the molecule is O=c1[nH]c2cc(O)ccc2s1. The summed E-state index contributed by atoms with van der Waals surface area (Å²) < 4.78 is 0.868. The molecule has 0 aliphatic carbocycles. The second kappa shape index (κ2) is 2.10. The Bertz CT molecular complexity index is 443. The molecule has 0 amide bonds. The summed E-state index contributed by atoms with van der Waals surface area (Å²) in [4.78, 5) is 13.3. The van der Waals surface area contributed by atoms with Crippen molar-refractivity contribution in [2.24, 2.45) is 0 Å². The van der Waals surface area contributed by atoms with Gasteiger partial charge in [-0.3, -0.25) is 4.79 Å². The highest BCUT2D eigenvalue weighted by molar-refractivity contribution is 7.16. The Kier molecular flexibility index (Phi) is 1.22. The molecule has 0 spiro atoms. The molecule has 1 aromatic heterocycles. The lowest BCUT2D eigenvalue weighted by Gasteiger charge is -1.88. The van der Waals surface area contributed by atoms with E-state index in [0.717, 1.165) is 16.0 Å². The van der Waals surface area contributed by atoms with Crippen LogP contribution in [0.25, 0.3) is 10.2 Å². The van der Waals surface area contributed by atoms with Crippen LogP contribution in [0.5, 0.6) is 5.75 Å². The van der Waals surface area contributed by atoms with Crippen LogP contribution in [0.3, 0.4) is 0 Å². The van der Waals surface area contributed by atoms with Gasteiger partial charge in [-0.25, -0.2) is 0 Å². The molecule has 0 radical (unpaired) electrons. The predicted octanol–water partition coefficient (Wildman–Crippen LogP) is 1.30. The number of thiazole rings is 1. The van der Waals surface area contributed by atoms with Crippen LogP contribution in [0.2, 0.25) is 0 Å². The lowest BCUT2D eigenvalue weighted by atomic mass is 10.3. The molecule has 0 aliphatic rings. The maximum absolute atomic E-state index is 10.8. The van der Waals surface area contributed by atoms with Crippen LogP contribution in [-0.4, -0.2) is 10.1 Å². The molecule has 0 fully saturated rings. The van der Waals surface area contributed by atoms with Gasteiger partial charge in [-0.1, -0.05) is 11.3 Å². The monoisotopic (exact) mass is 167 g/mol. The minimum Gasteiger partial charge on any atom is -0.508 e. The molecule has 2 rings (SSSR count). The zero-order valence-electron chi connectivity index (χ0n) is 5.50.